The highest BCUT2D eigenvalue weighted by atomic mass is 16.7. The summed E-state index contributed by atoms with van der Waals surface area (Å²) in [4.78, 5) is 8.38. The van der Waals surface area contributed by atoms with Crippen molar-refractivity contribution >= 4 is 5.69 Å². The van der Waals surface area contributed by atoms with Crippen LogP contribution in [0.3, 0.4) is 0 Å². The van der Waals surface area contributed by atoms with Crippen molar-refractivity contribution in [3.05, 3.63) is 96.1 Å². The average Bonchev–Trinajstić information content (AvgIpc) is 2.75. The molecule has 3 aromatic carbocycles. The van der Waals surface area contributed by atoms with Gasteiger partial charge in [-0.1, -0.05) is 60.7 Å². The van der Waals surface area contributed by atoms with Crippen molar-refractivity contribution < 1.29 is 9.57 Å². The minimum Gasteiger partial charge on any atom is -0.497 e. The lowest BCUT2D eigenvalue weighted by molar-refractivity contribution is -0.0735. The number of rotatable bonds is 4. The maximum absolute atomic E-state index is 6.10. The summed E-state index contributed by atoms with van der Waals surface area (Å²) in [6.07, 6.45) is -0.190. The Morgan fingerprint density at radius 3 is 2.08 bits per heavy atom. The summed E-state index contributed by atoms with van der Waals surface area (Å²) in [5.74, 6) is 0.848. The first kappa shape index (κ1) is 16.6. The number of hydroxylamine groups is 1. The molecule has 0 radical (unpaired) electrons. The number of ether oxygens (including phenoxy) is 1. The van der Waals surface area contributed by atoms with Crippen molar-refractivity contribution in [1.29, 1.82) is 0 Å². The molecule has 1 aliphatic rings. The van der Waals surface area contributed by atoms with Crippen molar-refractivity contribution in [2.24, 2.45) is 0 Å². The molecule has 0 aliphatic carbocycles. The molecule has 1 heterocycles. The van der Waals surface area contributed by atoms with Crippen molar-refractivity contribution in [3.8, 4) is 5.75 Å². The van der Waals surface area contributed by atoms with Crippen LogP contribution in [-0.4, -0.2) is 13.7 Å². The van der Waals surface area contributed by atoms with Gasteiger partial charge in [-0.3, -0.25) is 4.84 Å². The Morgan fingerprint density at radius 1 is 0.846 bits per heavy atom. The largest absolute Gasteiger partial charge is 0.497 e. The number of hydrogen-bond donors (Lipinski definition) is 1. The first-order valence-electron chi connectivity index (χ1n) is 8.77. The maximum Gasteiger partial charge on any atom is 0.176 e. The molecular weight excluding hydrogens is 324 g/mol. The Kier molecular flexibility index (Phi) is 4.86. The lowest BCUT2D eigenvalue weighted by Crippen LogP contribution is -2.46. The van der Waals surface area contributed by atoms with Gasteiger partial charge < -0.3 is 9.64 Å². The fourth-order valence-corrected chi connectivity index (χ4v) is 3.28. The smallest absolute Gasteiger partial charge is 0.176 e. The summed E-state index contributed by atoms with van der Waals surface area (Å²) in [5, 5.41) is 0. The maximum atomic E-state index is 6.10. The molecule has 0 amide bonds. The van der Waals surface area contributed by atoms with Gasteiger partial charge in [0.2, 0.25) is 0 Å². The highest BCUT2D eigenvalue weighted by Gasteiger charge is 2.31. The summed E-state index contributed by atoms with van der Waals surface area (Å²) in [6, 6.07) is 28.9. The third-order valence-corrected chi connectivity index (χ3v) is 4.68. The van der Waals surface area contributed by atoms with Gasteiger partial charge in [0.25, 0.3) is 0 Å². The molecule has 1 N–H and O–H groups in total. The Hall–Kier alpha value is -2.82. The molecule has 2 atom stereocenters. The minimum absolute atomic E-state index is 0.0956. The summed E-state index contributed by atoms with van der Waals surface area (Å²) < 4.78 is 5.30. The van der Waals surface area contributed by atoms with Crippen LogP contribution in [-0.2, 0) is 4.84 Å². The zero-order valence-corrected chi connectivity index (χ0v) is 14.7. The molecular formula is C22H22N2O2. The van der Waals surface area contributed by atoms with Crippen LogP contribution < -0.4 is 15.1 Å². The molecule has 0 saturated carbocycles. The molecule has 1 saturated heterocycles. The van der Waals surface area contributed by atoms with Gasteiger partial charge in [0.15, 0.2) is 6.23 Å². The van der Waals surface area contributed by atoms with Gasteiger partial charge in [0.05, 0.1) is 13.2 Å². The fourth-order valence-electron chi connectivity index (χ4n) is 3.28. The number of nitrogens with zero attached hydrogens (tertiary/aromatic N) is 1. The van der Waals surface area contributed by atoms with E-state index in [9.17, 15) is 0 Å². The summed E-state index contributed by atoms with van der Waals surface area (Å²) in [5.41, 5.74) is 6.66. The molecule has 4 nitrogen and oxygen atoms in total. The predicted octanol–water partition coefficient (Wildman–Crippen LogP) is 4.48. The van der Waals surface area contributed by atoms with E-state index in [1.807, 2.05) is 36.4 Å². The number of nitrogens with one attached hydrogen (secondary N) is 1. The Bertz CT molecular complexity index is 822. The van der Waals surface area contributed by atoms with Crippen molar-refractivity contribution in [1.82, 2.24) is 5.48 Å². The molecule has 0 bridgehead atoms. The number of hydrogen-bond acceptors (Lipinski definition) is 4. The van der Waals surface area contributed by atoms with Gasteiger partial charge in [-0.15, -0.1) is 0 Å². The van der Waals surface area contributed by atoms with Crippen LogP contribution in [0.5, 0.6) is 5.75 Å². The van der Waals surface area contributed by atoms with Gasteiger partial charge in [-0.25, -0.2) is 0 Å². The molecule has 4 rings (SSSR count). The van der Waals surface area contributed by atoms with E-state index in [0.29, 0.717) is 0 Å². The molecule has 132 valence electrons. The van der Waals surface area contributed by atoms with Gasteiger partial charge >= 0.3 is 0 Å². The van der Waals surface area contributed by atoms with Crippen LogP contribution in [0.15, 0.2) is 84.9 Å². The van der Waals surface area contributed by atoms with Crippen LogP contribution >= 0.6 is 0 Å². The summed E-state index contributed by atoms with van der Waals surface area (Å²) >= 11 is 0. The predicted molar refractivity (Wildman–Crippen MR) is 103 cm³/mol. The molecule has 0 aromatic heterocycles. The SMILES string of the molecule is COc1ccc(N2CC(c3ccccc3)NOC2c2ccccc2)cc1. The normalized spacial score (nSPS) is 20.0. The zero-order valence-electron chi connectivity index (χ0n) is 14.7. The van der Waals surface area contributed by atoms with E-state index in [1.54, 1.807) is 7.11 Å². The van der Waals surface area contributed by atoms with Crippen LogP contribution in [0.25, 0.3) is 0 Å². The molecule has 1 fully saturated rings. The lowest BCUT2D eigenvalue weighted by Gasteiger charge is -2.41. The van der Waals surface area contributed by atoms with Gasteiger partial charge in [0.1, 0.15) is 5.75 Å². The molecule has 2 unspecified atom stereocenters. The Morgan fingerprint density at radius 2 is 1.46 bits per heavy atom. The second-order valence-corrected chi connectivity index (χ2v) is 6.31. The van der Waals surface area contributed by atoms with Crippen molar-refractivity contribution in [2.75, 3.05) is 18.6 Å². The van der Waals surface area contributed by atoms with Gasteiger partial charge in [-0.2, -0.15) is 5.48 Å². The zero-order chi connectivity index (χ0) is 17.8. The third kappa shape index (κ3) is 3.43. The van der Waals surface area contributed by atoms with E-state index in [2.05, 4.69) is 58.9 Å². The van der Waals surface area contributed by atoms with E-state index >= 15 is 0 Å². The van der Waals surface area contributed by atoms with Crippen molar-refractivity contribution in [3.63, 3.8) is 0 Å². The topological polar surface area (TPSA) is 33.7 Å². The van der Waals surface area contributed by atoms with E-state index in [0.717, 1.165) is 23.5 Å². The molecule has 3 aromatic rings. The highest BCUT2D eigenvalue weighted by Crippen LogP contribution is 2.34. The van der Waals surface area contributed by atoms with E-state index in [-0.39, 0.29) is 12.3 Å². The Balaban J connectivity index is 1.66. The first-order chi connectivity index (χ1) is 12.8. The highest BCUT2D eigenvalue weighted by molar-refractivity contribution is 5.51. The fraction of sp³-hybridized carbons (Fsp3) is 0.182. The minimum atomic E-state index is -0.190. The van der Waals surface area contributed by atoms with Gasteiger partial charge in [0, 0.05) is 17.8 Å². The molecule has 1 aliphatic heterocycles. The van der Waals surface area contributed by atoms with E-state index in [4.69, 9.17) is 9.57 Å². The van der Waals surface area contributed by atoms with E-state index < -0.39 is 0 Å². The number of methoxy groups -OCH3 is 1. The van der Waals surface area contributed by atoms with Crippen LogP contribution in [0.1, 0.15) is 23.4 Å². The first-order valence-corrected chi connectivity index (χ1v) is 8.77. The van der Waals surface area contributed by atoms with Crippen LogP contribution in [0, 0.1) is 0 Å². The van der Waals surface area contributed by atoms with Crippen LogP contribution in [0.4, 0.5) is 5.69 Å². The number of benzene rings is 3. The second-order valence-electron chi connectivity index (χ2n) is 6.31. The van der Waals surface area contributed by atoms with E-state index in [1.165, 1.54) is 5.56 Å². The van der Waals surface area contributed by atoms with Gasteiger partial charge in [-0.05, 0) is 29.8 Å². The standard InChI is InChI=1S/C22H22N2O2/c1-25-20-14-12-19(13-15-20)24-16-21(17-8-4-2-5-9-17)23-26-22(24)18-10-6-3-7-11-18/h2-15,21-23H,16H2,1H3. The molecule has 26 heavy (non-hydrogen) atoms. The summed E-state index contributed by atoms with van der Waals surface area (Å²) in [6.45, 7) is 0.801. The Labute approximate surface area is 153 Å². The molecule has 4 heteroatoms. The quantitative estimate of drug-likeness (QED) is 0.755. The average molecular weight is 346 g/mol. The third-order valence-electron chi connectivity index (χ3n) is 4.68. The summed E-state index contributed by atoms with van der Waals surface area (Å²) in [7, 11) is 1.68. The lowest BCUT2D eigenvalue weighted by atomic mass is 10.0. The number of anilines is 1. The monoisotopic (exact) mass is 346 g/mol. The van der Waals surface area contributed by atoms with Crippen molar-refractivity contribution in [2.45, 2.75) is 12.3 Å². The molecule has 0 spiro atoms. The van der Waals surface area contributed by atoms with Crippen LogP contribution in [0.2, 0.25) is 0 Å². The second kappa shape index (κ2) is 7.60.